The molecule has 0 saturated carbocycles. The molecule has 35 heavy (non-hydrogen) atoms. The molecule has 2 aromatic heterocycles. The number of rotatable bonds is 5. The van der Waals surface area contributed by atoms with Crippen molar-refractivity contribution in [1.29, 1.82) is 0 Å². The zero-order valence-electron chi connectivity index (χ0n) is 20.7. The fourth-order valence-electron chi connectivity index (χ4n) is 4.69. The van der Waals surface area contributed by atoms with E-state index in [1.54, 1.807) is 6.92 Å². The number of pyridine rings is 1. The van der Waals surface area contributed by atoms with E-state index in [0.717, 1.165) is 22.0 Å². The van der Waals surface area contributed by atoms with E-state index in [0.29, 0.717) is 50.2 Å². The number of carbonyl (C=O) groups is 2. The third kappa shape index (κ3) is 4.38. The maximum Gasteiger partial charge on any atom is 0.273 e. The van der Waals surface area contributed by atoms with Crippen LogP contribution in [-0.2, 0) is 11.3 Å². The first kappa shape index (κ1) is 23.0. The molecule has 1 saturated heterocycles. The van der Waals surface area contributed by atoms with E-state index >= 15 is 0 Å². The number of aromatic nitrogens is 3. The van der Waals surface area contributed by atoms with Gasteiger partial charge in [0.2, 0.25) is 11.9 Å². The van der Waals surface area contributed by atoms with Crippen LogP contribution in [0.15, 0.2) is 36.5 Å². The number of anilines is 2. The highest BCUT2D eigenvalue weighted by Gasteiger charge is 2.35. The predicted octanol–water partition coefficient (Wildman–Crippen LogP) is 3.23. The van der Waals surface area contributed by atoms with E-state index in [9.17, 15) is 9.59 Å². The molecule has 3 aromatic rings. The zero-order valence-corrected chi connectivity index (χ0v) is 20.7. The van der Waals surface area contributed by atoms with Gasteiger partial charge in [0.05, 0.1) is 18.1 Å². The third-order valence-corrected chi connectivity index (χ3v) is 6.88. The summed E-state index contributed by atoms with van der Waals surface area (Å²) in [5, 5.41) is 4.63. The molecule has 0 aliphatic carbocycles. The second-order valence-corrected chi connectivity index (χ2v) is 9.55. The highest BCUT2D eigenvalue weighted by Crippen LogP contribution is 2.32. The molecule has 0 spiro atoms. The lowest BCUT2D eigenvalue weighted by molar-refractivity contribution is -0.129. The predicted molar refractivity (Wildman–Crippen MR) is 135 cm³/mol. The van der Waals surface area contributed by atoms with Crippen molar-refractivity contribution in [2.45, 2.75) is 46.3 Å². The van der Waals surface area contributed by atoms with Gasteiger partial charge in [-0.15, -0.1) is 0 Å². The third-order valence-electron chi connectivity index (χ3n) is 6.88. The second kappa shape index (κ2) is 9.13. The van der Waals surface area contributed by atoms with Crippen molar-refractivity contribution in [1.82, 2.24) is 24.8 Å². The van der Waals surface area contributed by atoms with Gasteiger partial charge in [-0.25, -0.2) is 4.98 Å². The molecule has 9 nitrogen and oxygen atoms in total. The van der Waals surface area contributed by atoms with Gasteiger partial charge in [0.25, 0.3) is 5.91 Å². The van der Waals surface area contributed by atoms with E-state index in [2.05, 4.69) is 34.3 Å². The Morgan fingerprint density at radius 3 is 2.51 bits per heavy atom. The number of para-hydroxylation sites is 1. The van der Waals surface area contributed by atoms with Gasteiger partial charge in [-0.05, 0) is 38.5 Å². The minimum Gasteiger partial charge on any atom is -0.363 e. The smallest absolute Gasteiger partial charge is 0.273 e. The molecule has 2 aliphatic heterocycles. The number of hydrogen-bond acceptors (Lipinski definition) is 7. The van der Waals surface area contributed by atoms with Crippen molar-refractivity contribution in [3.05, 3.63) is 53.3 Å². The lowest BCUT2D eigenvalue weighted by Gasteiger charge is -2.34. The number of fused-ring (bicyclic) bond motifs is 2. The minimum atomic E-state index is -0.0725. The maximum atomic E-state index is 13.2. The van der Waals surface area contributed by atoms with Crippen LogP contribution in [0.25, 0.3) is 10.9 Å². The Kier molecular flexibility index (Phi) is 6.00. The van der Waals surface area contributed by atoms with Crippen molar-refractivity contribution in [2.75, 3.05) is 36.4 Å². The van der Waals surface area contributed by atoms with Crippen LogP contribution in [0.4, 0.5) is 11.8 Å². The molecule has 1 aromatic carbocycles. The molecule has 0 unspecified atom stereocenters. The number of carbonyl (C=O) groups excluding carboxylic acids is 2. The summed E-state index contributed by atoms with van der Waals surface area (Å²) >= 11 is 0. The van der Waals surface area contributed by atoms with E-state index in [-0.39, 0.29) is 23.9 Å². The van der Waals surface area contributed by atoms with Crippen molar-refractivity contribution < 1.29 is 9.59 Å². The Hall–Kier alpha value is -3.75. The SMILES string of the molecule is CC(=O)N1CCN(c2nc(N[C@@H](C)c3cnc4ccccc4c3)c3c(n2)C(=O)N(C(C)C)C3)CC1. The van der Waals surface area contributed by atoms with Gasteiger partial charge < -0.3 is 20.0 Å². The molecule has 0 radical (unpaired) electrons. The second-order valence-electron chi connectivity index (χ2n) is 9.55. The number of nitrogens with one attached hydrogen (secondary N) is 1. The van der Waals surface area contributed by atoms with Gasteiger partial charge in [-0.2, -0.15) is 4.98 Å². The Balaban J connectivity index is 1.47. The molecule has 182 valence electrons. The fraction of sp³-hybridized carbons (Fsp3) is 0.423. The summed E-state index contributed by atoms with van der Waals surface area (Å²) in [6, 6.07) is 10.2. The molecule has 5 rings (SSSR count). The summed E-state index contributed by atoms with van der Waals surface area (Å²) in [6.07, 6.45) is 1.88. The van der Waals surface area contributed by atoms with Crippen LogP contribution in [0.5, 0.6) is 0 Å². The van der Waals surface area contributed by atoms with Gasteiger partial charge in [-0.3, -0.25) is 14.6 Å². The van der Waals surface area contributed by atoms with Gasteiger partial charge in [0.15, 0.2) is 0 Å². The molecule has 4 heterocycles. The van der Waals surface area contributed by atoms with Crippen molar-refractivity contribution in [3.63, 3.8) is 0 Å². The summed E-state index contributed by atoms with van der Waals surface area (Å²) in [5.74, 6) is 1.21. The van der Waals surface area contributed by atoms with Gasteiger partial charge in [0, 0.05) is 56.3 Å². The molecule has 2 aliphatic rings. The van der Waals surface area contributed by atoms with Crippen LogP contribution in [0.1, 0.15) is 55.4 Å². The van der Waals surface area contributed by atoms with Crippen molar-refractivity contribution in [3.8, 4) is 0 Å². The van der Waals surface area contributed by atoms with Gasteiger partial charge >= 0.3 is 0 Å². The molecular formula is C26H31N7O2. The van der Waals surface area contributed by atoms with Crippen LogP contribution in [-0.4, -0.2) is 68.8 Å². The topological polar surface area (TPSA) is 94.6 Å². The molecular weight excluding hydrogens is 442 g/mol. The van der Waals surface area contributed by atoms with Crippen LogP contribution in [0.3, 0.4) is 0 Å². The first-order chi connectivity index (χ1) is 16.8. The van der Waals surface area contributed by atoms with Gasteiger partial charge in [0.1, 0.15) is 11.5 Å². The Morgan fingerprint density at radius 1 is 1.06 bits per heavy atom. The molecule has 1 fully saturated rings. The summed E-state index contributed by atoms with van der Waals surface area (Å²) in [7, 11) is 0. The number of amides is 2. The zero-order chi connectivity index (χ0) is 24.7. The monoisotopic (exact) mass is 473 g/mol. The molecule has 1 atom stereocenters. The molecule has 9 heteroatoms. The largest absolute Gasteiger partial charge is 0.363 e. The van der Waals surface area contributed by atoms with Crippen LogP contribution >= 0.6 is 0 Å². The van der Waals surface area contributed by atoms with Gasteiger partial charge in [-0.1, -0.05) is 18.2 Å². The van der Waals surface area contributed by atoms with Crippen LogP contribution in [0, 0.1) is 0 Å². The Morgan fingerprint density at radius 2 is 1.80 bits per heavy atom. The first-order valence-electron chi connectivity index (χ1n) is 12.2. The Labute approximate surface area is 205 Å². The molecule has 2 amide bonds. The lowest BCUT2D eigenvalue weighted by Crippen LogP contribution is -2.48. The number of hydrogen-bond donors (Lipinski definition) is 1. The quantitative estimate of drug-likeness (QED) is 0.608. The van der Waals surface area contributed by atoms with Crippen LogP contribution < -0.4 is 10.2 Å². The average Bonchev–Trinajstić information content (AvgIpc) is 3.20. The fourth-order valence-corrected chi connectivity index (χ4v) is 4.69. The molecule has 1 N–H and O–H groups in total. The summed E-state index contributed by atoms with van der Waals surface area (Å²) < 4.78 is 0. The Bertz CT molecular complexity index is 1280. The normalized spacial score (nSPS) is 16.7. The van der Waals surface area contributed by atoms with Crippen LogP contribution in [0.2, 0.25) is 0 Å². The number of nitrogens with zero attached hydrogens (tertiary/aromatic N) is 6. The average molecular weight is 474 g/mol. The molecule has 0 bridgehead atoms. The highest BCUT2D eigenvalue weighted by atomic mass is 16.2. The van der Waals surface area contributed by atoms with E-state index in [1.807, 2.05) is 48.0 Å². The van der Waals surface area contributed by atoms with E-state index in [1.165, 1.54) is 0 Å². The van der Waals surface area contributed by atoms with E-state index in [4.69, 9.17) is 9.97 Å². The lowest BCUT2D eigenvalue weighted by atomic mass is 10.1. The first-order valence-corrected chi connectivity index (χ1v) is 12.2. The van der Waals surface area contributed by atoms with Crippen molar-refractivity contribution in [2.24, 2.45) is 0 Å². The summed E-state index contributed by atoms with van der Waals surface area (Å²) in [4.78, 5) is 44.8. The number of piperazine rings is 1. The number of benzene rings is 1. The van der Waals surface area contributed by atoms with Crippen molar-refractivity contribution >= 4 is 34.5 Å². The standard InChI is InChI=1S/C26H31N7O2/c1-16(2)33-15-21-23(25(33)35)29-26(32-11-9-31(10-12-32)18(4)34)30-24(21)28-17(3)20-13-19-7-5-6-8-22(19)27-14-20/h5-8,13-14,16-17H,9-12,15H2,1-4H3,(H,28,29,30)/t17-/m0/s1. The minimum absolute atomic E-state index is 0.0641. The summed E-state index contributed by atoms with van der Waals surface area (Å²) in [5.41, 5.74) is 3.29. The van der Waals surface area contributed by atoms with E-state index < -0.39 is 0 Å². The highest BCUT2D eigenvalue weighted by molar-refractivity contribution is 5.98. The maximum absolute atomic E-state index is 13.2. The summed E-state index contributed by atoms with van der Waals surface area (Å²) in [6.45, 7) is 10.6.